The highest BCUT2D eigenvalue weighted by atomic mass is 15.1. The Bertz CT molecular complexity index is 332. The second kappa shape index (κ2) is 10.4. The van der Waals surface area contributed by atoms with E-state index in [4.69, 9.17) is 0 Å². The van der Waals surface area contributed by atoms with Gasteiger partial charge in [0.1, 0.15) is 0 Å². The third-order valence-electron chi connectivity index (χ3n) is 5.09. The van der Waals surface area contributed by atoms with E-state index in [1.165, 1.54) is 51.5 Å². The van der Waals surface area contributed by atoms with E-state index in [1.54, 1.807) is 5.70 Å². The van der Waals surface area contributed by atoms with Gasteiger partial charge in [0.15, 0.2) is 0 Å². The van der Waals surface area contributed by atoms with E-state index in [-0.39, 0.29) is 0 Å². The van der Waals surface area contributed by atoms with Crippen molar-refractivity contribution < 1.29 is 0 Å². The van der Waals surface area contributed by atoms with Gasteiger partial charge in [0.2, 0.25) is 0 Å². The molecular weight excluding hydrogens is 278 g/mol. The minimum absolute atomic E-state index is 0.352. The summed E-state index contributed by atoms with van der Waals surface area (Å²) < 4.78 is 0. The summed E-state index contributed by atoms with van der Waals surface area (Å²) in [5, 5.41) is 0. The summed E-state index contributed by atoms with van der Waals surface area (Å²) in [6.07, 6.45) is 11.6. The Kier molecular flexibility index (Phi) is 10.2. The maximum absolute atomic E-state index is 2.59. The molecule has 1 nitrogen and oxygen atoms in total. The molecule has 0 aromatic carbocycles. The second-order valence-electron chi connectivity index (χ2n) is 9.27. The predicted molar refractivity (Wildman–Crippen MR) is 107 cm³/mol. The van der Waals surface area contributed by atoms with E-state index in [1.807, 2.05) is 0 Å². The quantitative estimate of drug-likeness (QED) is 0.386. The van der Waals surface area contributed by atoms with Crippen LogP contribution in [-0.2, 0) is 0 Å². The van der Waals surface area contributed by atoms with Crippen LogP contribution in [-0.4, -0.2) is 18.5 Å². The molecule has 0 heterocycles. The highest BCUT2D eigenvalue weighted by Gasteiger charge is 2.24. The van der Waals surface area contributed by atoms with Gasteiger partial charge in [-0.25, -0.2) is 0 Å². The van der Waals surface area contributed by atoms with Crippen LogP contribution in [0.4, 0.5) is 0 Å². The normalized spacial score (nSPS) is 14.9. The number of nitrogens with zero attached hydrogens (tertiary/aromatic N) is 1. The van der Waals surface area contributed by atoms with Crippen molar-refractivity contribution in [1.82, 2.24) is 4.90 Å². The number of hydrogen-bond donors (Lipinski definition) is 0. The lowest BCUT2D eigenvalue weighted by Crippen LogP contribution is -2.32. The summed E-state index contributed by atoms with van der Waals surface area (Å²) in [6, 6.07) is 0. The van der Waals surface area contributed by atoms with Crippen LogP contribution in [0.3, 0.4) is 0 Å². The zero-order chi connectivity index (χ0) is 18.1. The van der Waals surface area contributed by atoms with Crippen LogP contribution >= 0.6 is 0 Å². The highest BCUT2D eigenvalue weighted by Crippen LogP contribution is 2.33. The predicted octanol–water partition coefficient (Wildman–Crippen LogP) is 7.28. The van der Waals surface area contributed by atoms with Crippen LogP contribution in [0.25, 0.3) is 0 Å². The lowest BCUT2D eigenvalue weighted by Gasteiger charge is -2.35. The topological polar surface area (TPSA) is 3.24 Å². The Morgan fingerprint density at radius 3 is 1.96 bits per heavy atom. The van der Waals surface area contributed by atoms with Crippen LogP contribution < -0.4 is 0 Å². The smallest absolute Gasteiger partial charge is 0.0222 e. The van der Waals surface area contributed by atoms with Gasteiger partial charge >= 0.3 is 0 Å². The lowest BCUT2D eigenvalue weighted by molar-refractivity contribution is 0.215. The molecule has 0 saturated carbocycles. The summed E-state index contributed by atoms with van der Waals surface area (Å²) in [4.78, 5) is 2.56. The monoisotopic (exact) mass is 323 g/mol. The molecule has 0 aromatic heterocycles. The molecule has 0 radical (unpaired) electrons. The van der Waals surface area contributed by atoms with Crippen LogP contribution in [0.15, 0.2) is 11.8 Å². The van der Waals surface area contributed by atoms with Crippen molar-refractivity contribution >= 4 is 0 Å². The Balaban J connectivity index is 5.14. The third-order valence-corrected chi connectivity index (χ3v) is 5.09. The van der Waals surface area contributed by atoms with Gasteiger partial charge < -0.3 is 4.90 Å². The average Bonchev–Trinajstić information content (AvgIpc) is 2.43. The summed E-state index contributed by atoms with van der Waals surface area (Å²) in [7, 11) is 2.31. The first kappa shape index (κ1) is 22.5. The van der Waals surface area contributed by atoms with E-state index < -0.39 is 0 Å². The molecule has 138 valence electrons. The summed E-state index contributed by atoms with van der Waals surface area (Å²) in [6.45, 7) is 20.1. The van der Waals surface area contributed by atoms with E-state index in [9.17, 15) is 0 Å². The van der Waals surface area contributed by atoms with Crippen molar-refractivity contribution in [3.8, 4) is 0 Å². The molecule has 0 fully saturated rings. The Morgan fingerprint density at radius 1 is 0.957 bits per heavy atom. The lowest BCUT2D eigenvalue weighted by atomic mass is 9.78. The van der Waals surface area contributed by atoms with Crippen molar-refractivity contribution in [2.24, 2.45) is 16.7 Å². The van der Waals surface area contributed by atoms with Crippen molar-refractivity contribution in [3.63, 3.8) is 0 Å². The zero-order valence-corrected chi connectivity index (χ0v) is 17.8. The first-order valence-corrected chi connectivity index (χ1v) is 9.99. The molecule has 0 saturated heterocycles. The Labute approximate surface area is 147 Å². The van der Waals surface area contributed by atoms with Gasteiger partial charge in [-0.15, -0.1) is 0 Å². The van der Waals surface area contributed by atoms with Crippen LogP contribution in [0.2, 0.25) is 0 Å². The van der Waals surface area contributed by atoms with Crippen molar-refractivity contribution in [2.45, 2.75) is 100 Å². The number of unbranched alkanes of at least 4 members (excludes halogenated alkanes) is 2. The number of hydrogen-bond acceptors (Lipinski definition) is 1. The molecule has 0 N–H and O–H groups in total. The minimum atomic E-state index is 0.352. The largest absolute Gasteiger partial charge is 0.378 e. The Hall–Kier alpha value is -0.460. The summed E-state index contributed by atoms with van der Waals surface area (Å²) >= 11 is 0. The van der Waals surface area contributed by atoms with Crippen molar-refractivity contribution in [3.05, 3.63) is 11.8 Å². The molecule has 0 amide bonds. The van der Waals surface area contributed by atoms with Crippen LogP contribution in [0.5, 0.6) is 0 Å². The first-order valence-electron chi connectivity index (χ1n) is 9.99. The molecule has 1 atom stereocenters. The molecule has 0 aromatic rings. The molecule has 23 heavy (non-hydrogen) atoms. The zero-order valence-electron chi connectivity index (χ0n) is 17.8. The van der Waals surface area contributed by atoms with Gasteiger partial charge in [-0.3, -0.25) is 0 Å². The summed E-state index contributed by atoms with van der Waals surface area (Å²) in [5.74, 6) is 0.663. The minimum Gasteiger partial charge on any atom is -0.378 e. The fourth-order valence-electron chi connectivity index (χ4n) is 3.45. The molecule has 0 aliphatic rings. The SMILES string of the molecule is CCCC/C(=C/C(CC)C(C)(C)C)N(C)CC(C)(C)CCCC. The molecule has 1 unspecified atom stereocenters. The summed E-state index contributed by atoms with van der Waals surface area (Å²) in [5.41, 5.74) is 2.32. The van der Waals surface area contributed by atoms with Gasteiger partial charge in [-0.2, -0.15) is 0 Å². The maximum atomic E-state index is 2.59. The molecule has 0 aliphatic carbocycles. The number of allylic oxidation sites excluding steroid dienone is 2. The van der Waals surface area contributed by atoms with Crippen LogP contribution in [0, 0.1) is 16.7 Å². The van der Waals surface area contributed by atoms with E-state index in [2.05, 4.69) is 73.4 Å². The van der Waals surface area contributed by atoms with Crippen molar-refractivity contribution in [2.75, 3.05) is 13.6 Å². The van der Waals surface area contributed by atoms with Gasteiger partial charge in [-0.1, -0.05) is 80.7 Å². The fraction of sp³-hybridized carbons (Fsp3) is 0.909. The standard InChI is InChI=1S/C22H45N/c1-10-13-15-20(17-19(12-3)21(4,5)6)23(9)18-22(7,8)16-14-11-2/h17,19H,10-16,18H2,1-9H3/b20-17-. The molecule has 0 rings (SSSR count). The first-order chi connectivity index (χ1) is 10.6. The molecule has 1 heteroatoms. The van der Waals surface area contributed by atoms with Gasteiger partial charge in [0, 0.05) is 19.3 Å². The van der Waals surface area contributed by atoms with E-state index >= 15 is 0 Å². The van der Waals surface area contributed by atoms with E-state index in [0.29, 0.717) is 16.7 Å². The van der Waals surface area contributed by atoms with Crippen molar-refractivity contribution in [1.29, 1.82) is 0 Å². The van der Waals surface area contributed by atoms with Gasteiger partial charge in [0.25, 0.3) is 0 Å². The van der Waals surface area contributed by atoms with Crippen LogP contribution in [0.1, 0.15) is 100 Å². The maximum Gasteiger partial charge on any atom is 0.0222 e. The molecule has 0 aliphatic heterocycles. The molecule has 0 spiro atoms. The fourth-order valence-corrected chi connectivity index (χ4v) is 3.45. The Morgan fingerprint density at radius 2 is 1.52 bits per heavy atom. The number of rotatable bonds is 11. The highest BCUT2D eigenvalue weighted by molar-refractivity contribution is 5.06. The van der Waals surface area contributed by atoms with Gasteiger partial charge in [-0.05, 0) is 42.4 Å². The molecule has 0 bridgehead atoms. The second-order valence-corrected chi connectivity index (χ2v) is 9.27. The third kappa shape index (κ3) is 9.42. The average molecular weight is 324 g/mol. The van der Waals surface area contributed by atoms with Gasteiger partial charge in [0.05, 0.1) is 0 Å². The van der Waals surface area contributed by atoms with E-state index in [0.717, 1.165) is 0 Å². The molecular formula is C22H45N.